The molecule has 0 aliphatic carbocycles. The van der Waals surface area contributed by atoms with Gasteiger partial charge in [0.05, 0.1) is 13.2 Å². The number of anilines is 1. The molecule has 0 radical (unpaired) electrons. The first-order valence-corrected chi connectivity index (χ1v) is 9.05. The predicted octanol–water partition coefficient (Wildman–Crippen LogP) is 2.71. The largest absolute Gasteiger partial charge is 0.444 e. The first-order chi connectivity index (χ1) is 12.3. The average Bonchev–Trinajstić information content (AvgIpc) is 2.57. The molecular formula is C19H29N3O4. The van der Waals surface area contributed by atoms with E-state index >= 15 is 0 Å². The normalized spacial score (nSPS) is 14.8. The average molecular weight is 363 g/mol. The molecule has 0 unspecified atom stereocenters. The van der Waals surface area contributed by atoms with Gasteiger partial charge in [0.2, 0.25) is 0 Å². The number of nitrogens with one attached hydrogen (secondary N) is 1. The molecule has 1 saturated heterocycles. The molecule has 0 saturated carbocycles. The fourth-order valence-corrected chi connectivity index (χ4v) is 2.72. The summed E-state index contributed by atoms with van der Waals surface area (Å²) in [4.78, 5) is 30.6. The van der Waals surface area contributed by atoms with E-state index in [0.717, 1.165) is 24.5 Å². The molecule has 144 valence electrons. The van der Waals surface area contributed by atoms with Gasteiger partial charge in [-0.2, -0.15) is 0 Å². The van der Waals surface area contributed by atoms with Gasteiger partial charge in [-0.25, -0.2) is 9.78 Å². The molecule has 0 aromatic carbocycles. The Morgan fingerprint density at radius 2 is 2.00 bits per heavy atom. The Kier molecular flexibility index (Phi) is 6.97. The van der Waals surface area contributed by atoms with Crippen LogP contribution in [-0.4, -0.2) is 55.3 Å². The molecule has 0 bridgehead atoms. The molecule has 1 fully saturated rings. The number of hydrogen-bond acceptors (Lipinski definition) is 6. The number of ether oxygens (including phenoxy) is 2. The summed E-state index contributed by atoms with van der Waals surface area (Å²) in [5.74, 6) is 0.941. The molecule has 1 aromatic heterocycles. The summed E-state index contributed by atoms with van der Waals surface area (Å²) >= 11 is 0. The van der Waals surface area contributed by atoms with Gasteiger partial charge in [-0.15, -0.1) is 0 Å². The summed E-state index contributed by atoms with van der Waals surface area (Å²) in [6.45, 7) is 10.8. The minimum absolute atomic E-state index is 0.0279. The lowest BCUT2D eigenvalue weighted by molar-refractivity contribution is 0.0525. The number of hydrogen-bond donors (Lipinski definition) is 1. The van der Waals surface area contributed by atoms with E-state index in [-0.39, 0.29) is 5.78 Å². The zero-order valence-corrected chi connectivity index (χ0v) is 16.1. The van der Waals surface area contributed by atoms with Crippen LogP contribution in [0.3, 0.4) is 0 Å². The van der Waals surface area contributed by atoms with Crippen molar-refractivity contribution in [2.24, 2.45) is 0 Å². The number of rotatable bonds is 6. The Labute approximate surface area is 155 Å². The lowest BCUT2D eigenvalue weighted by atomic mass is 10.1. The summed E-state index contributed by atoms with van der Waals surface area (Å²) in [7, 11) is 0. The van der Waals surface area contributed by atoms with Crippen LogP contribution in [0, 0.1) is 6.92 Å². The Balaban J connectivity index is 1.80. The van der Waals surface area contributed by atoms with Crippen molar-refractivity contribution in [1.82, 2.24) is 10.3 Å². The van der Waals surface area contributed by atoms with E-state index in [0.29, 0.717) is 38.2 Å². The number of aromatic nitrogens is 1. The Hall–Kier alpha value is -2.15. The molecule has 1 aliphatic rings. The molecule has 2 rings (SSSR count). The van der Waals surface area contributed by atoms with E-state index in [1.165, 1.54) is 0 Å². The van der Waals surface area contributed by atoms with E-state index in [9.17, 15) is 9.59 Å². The standard InChI is InChI=1S/C19H29N3O4/c1-14-12-15(13-21-17(14)22-8-10-25-11-9-22)16(23)6-5-7-20-18(24)26-19(2,3)4/h12-13H,5-11H2,1-4H3,(H,20,24). The van der Waals surface area contributed by atoms with E-state index in [1.54, 1.807) is 6.20 Å². The lowest BCUT2D eigenvalue weighted by Crippen LogP contribution is -2.37. The highest BCUT2D eigenvalue weighted by molar-refractivity contribution is 5.96. The van der Waals surface area contributed by atoms with Crippen molar-refractivity contribution in [3.63, 3.8) is 0 Å². The van der Waals surface area contributed by atoms with Crippen LogP contribution in [0.25, 0.3) is 0 Å². The minimum atomic E-state index is -0.522. The van der Waals surface area contributed by atoms with Gasteiger partial charge in [0.25, 0.3) is 0 Å². The maximum atomic E-state index is 12.3. The number of nitrogens with zero attached hydrogens (tertiary/aromatic N) is 2. The third-order valence-corrected chi connectivity index (χ3v) is 3.93. The van der Waals surface area contributed by atoms with Crippen molar-refractivity contribution in [3.8, 4) is 0 Å². The molecule has 0 spiro atoms. The quantitative estimate of drug-likeness (QED) is 0.618. The molecule has 26 heavy (non-hydrogen) atoms. The van der Waals surface area contributed by atoms with Crippen molar-refractivity contribution in [3.05, 3.63) is 23.4 Å². The van der Waals surface area contributed by atoms with Crippen LogP contribution in [0.2, 0.25) is 0 Å². The topological polar surface area (TPSA) is 80.8 Å². The zero-order valence-electron chi connectivity index (χ0n) is 16.1. The summed E-state index contributed by atoms with van der Waals surface area (Å²) in [5, 5.41) is 2.66. The number of carbonyl (C=O) groups is 2. The Morgan fingerprint density at radius 1 is 1.31 bits per heavy atom. The first-order valence-electron chi connectivity index (χ1n) is 9.05. The van der Waals surface area contributed by atoms with E-state index in [2.05, 4.69) is 15.2 Å². The van der Waals surface area contributed by atoms with Gasteiger partial charge < -0.3 is 19.7 Å². The molecule has 1 aliphatic heterocycles. The van der Waals surface area contributed by atoms with Gasteiger partial charge in [0, 0.05) is 37.8 Å². The molecule has 7 heteroatoms. The minimum Gasteiger partial charge on any atom is -0.444 e. The number of pyridine rings is 1. The predicted molar refractivity (Wildman–Crippen MR) is 99.8 cm³/mol. The SMILES string of the molecule is Cc1cc(C(=O)CCCNC(=O)OC(C)(C)C)cnc1N1CCOCC1. The highest BCUT2D eigenvalue weighted by atomic mass is 16.6. The monoisotopic (exact) mass is 363 g/mol. The smallest absolute Gasteiger partial charge is 0.407 e. The first kappa shape index (κ1) is 20.2. The zero-order chi connectivity index (χ0) is 19.2. The number of aryl methyl sites for hydroxylation is 1. The van der Waals surface area contributed by atoms with E-state index in [4.69, 9.17) is 9.47 Å². The van der Waals surface area contributed by atoms with Gasteiger partial charge in [-0.1, -0.05) is 0 Å². The fraction of sp³-hybridized carbons (Fsp3) is 0.632. The van der Waals surface area contributed by atoms with Crippen molar-refractivity contribution >= 4 is 17.7 Å². The summed E-state index contributed by atoms with van der Waals surface area (Å²) in [6, 6.07) is 1.89. The van der Waals surface area contributed by atoms with Crippen LogP contribution in [-0.2, 0) is 9.47 Å². The summed E-state index contributed by atoms with van der Waals surface area (Å²) in [6.07, 6.45) is 2.09. The number of amides is 1. The molecule has 1 aromatic rings. The number of Topliss-reactive ketones (excluding diaryl/α,β-unsaturated/α-hetero) is 1. The van der Waals surface area contributed by atoms with E-state index in [1.807, 2.05) is 33.8 Å². The van der Waals surface area contributed by atoms with Crippen LogP contribution in [0.1, 0.15) is 49.5 Å². The molecule has 1 amide bonds. The van der Waals surface area contributed by atoms with Crippen molar-refractivity contribution in [2.75, 3.05) is 37.7 Å². The summed E-state index contributed by atoms with van der Waals surface area (Å²) < 4.78 is 10.5. The second-order valence-electron chi connectivity index (χ2n) is 7.42. The Morgan fingerprint density at radius 3 is 2.62 bits per heavy atom. The van der Waals surface area contributed by atoms with Crippen molar-refractivity contribution in [1.29, 1.82) is 0 Å². The second-order valence-corrected chi connectivity index (χ2v) is 7.42. The number of alkyl carbamates (subject to hydrolysis) is 1. The van der Waals surface area contributed by atoms with E-state index < -0.39 is 11.7 Å². The molecule has 2 heterocycles. The molecule has 0 atom stereocenters. The van der Waals surface area contributed by atoms with Gasteiger partial charge >= 0.3 is 6.09 Å². The van der Waals surface area contributed by atoms with Crippen LogP contribution in [0.4, 0.5) is 10.6 Å². The number of ketones is 1. The number of carbonyl (C=O) groups excluding carboxylic acids is 2. The Bertz CT molecular complexity index is 634. The molecule has 7 nitrogen and oxygen atoms in total. The van der Waals surface area contributed by atoms with Gasteiger partial charge in [-0.05, 0) is 45.7 Å². The highest BCUT2D eigenvalue weighted by Crippen LogP contribution is 2.20. The van der Waals surface area contributed by atoms with Gasteiger partial charge in [0.15, 0.2) is 5.78 Å². The maximum Gasteiger partial charge on any atom is 0.407 e. The summed E-state index contributed by atoms with van der Waals surface area (Å²) in [5.41, 5.74) is 1.08. The fourth-order valence-electron chi connectivity index (χ4n) is 2.72. The number of morpholine rings is 1. The maximum absolute atomic E-state index is 12.3. The van der Waals surface area contributed by atoms with Crippen LogP contribution >= 0.6 is 0 Å². The van der Waals surface area contributed by atoms with Crippen molar-refractivity contribution < 1.29 is 19.1 Å². The molecule has 1 N–H and O–H groups in total. The molecular weight excluding hydrogens is 334 g/mol. The third kappa shape index (κ3) is 6.29. The highest BCUT2D eigenvalue weighted by Gasteiger charge is 2.17. The van der Waals surface area contributed by atoms with Crippen molar-refractivity contribution in [2.45, 2.75) is 46.1 Å². The lowest BCUT2D eigenvalue weighted by Gasteiger charge is -2.29. The van der Waals surface area contributed by atoms with Crippen LogP contribution in [0.5, 0.6) is 0 Å². The second kappa shape index (κ2) is 8.98. The van der Waals surface area contributed by atoms with Crippen LogP contribution in [0.15, 0.2) is 12.3 Å². The van der Waals surface area contributed by atoms with Gasteiger partial charge in [0.1, 0.15) is 11.4 Å². The third-order valence-electron chi connectivity index (χ3n) is 3.93. The van der Waals surface area contributed by atoms with Crippen LogP contribution < -0.4 is 10.2 Å². The van der Waals surface area contributed by atoms with Gasteiger partial charge in [-0.3, -0.25) is 4.79 Å².